The zero-order valence-corrected chi connectivity index (χ0v) is 10.1. The summed E-state index contributed by atoms with van der Waals surface area (Å²) < 4.78 is 6.39. The van der Waals surface area contributed by atoms with Crippen molar-refractivity contribution < 1.29 is 9.84 Å². The lowest BCUT2D eigenvalue weighted by Gasteiger charge is -2.22. The van der Waals surface area contributed by atoms with Gasteiger partial charge >= 0.3 is 0 Å². The monoisotopic (exact) mass is 251 g/mol. The van der Waals surface area contributed by atoms with Crippen LogP contribution in [-0.4, -0.2) is 47.5 Å². The number of aromatic nitrogens is 2. The van der Waals surface area contributed by atoms with Crippen LogP contribution in [0.1, 0.15) is 0 Å². The van der Waals surface area contributed by atoms with E-state index in [1.165, 1.54) is 0 Å². The van der Waals surface area contributed by atoms with Crippen molar-refractivity contribution in [1.29, 1.82) is 0 Å². The van der Waals surface area contributed by atoms with E-state index in [4.69, 9.17) is 4.74 Å². The quantitative estimate of drug-likeness (QED) is 0.815. The Hall–Kier alpha value is -1.24. The average Bonchev–Trinajstić information content (AvgIpc) is 2.71. The van der Waals surface area contributed by atoms with Gasteiger partial charge in [-0.05, 0) is 11.4 Å². The molecule has 2 aromatic heterocycles. The van der Waals surface area contributed by atoms with E-state index in [-0.39, 0.29) is 0 Å². The van der Waals surface area contributed by atoms with E-state index in [0.29, 0.717) is 19.8 Å². The van der Waals surface area contributed by atoms with E-state index in [0.717, 1.165) is 22.6 Å². The molecule has 1 aliphatic rings. The molecule has 1 saturated heterocycles. The first-order chi connectivity index (χ1) is 8.34. The fourth-order valence-corrected chi connectivity index (χ4v) is 2.85. The Morgan fingerprint density at radius 2 is 2.41 bits per heavy atom. The number of nitrogens with zero attached hydrogens (tertiary/aromatic N) is 3. The number of hydrogen-bond donors (Lipinski definition) is 1. The van der Waals surface area contributed by atoms with Crippen LogP contribution in [0.5, 0.6) is 0 Å². The number of hydrogen-bond acceptors (Lipinski definition) is 6. The summed E-state index contributed by atoms with van der Waals surface area (Å²) in [6.45, 7) is 2.33. The second kappa shape index (κ2) is 4.56. The number of ether oxygens (including phenoxy) is 1. The second-order valence-electron chi connectivity index (χ2n) is 4.01. The van der Waals surface area contributed by atoms with Gasteiger partial charge in [0.1, 0.15) is 12.1 Å². The van der Waals surface area contributed by atoms with Gasteiger partial charge in [0.15, 0.2) is 0 Å². The van der Waals surface area contributed by atoms with Crippen LogP contribution >= 0.6 is 11.3 Å². The number of anilines is 1. The van der Waals surface area contributed by atoms with Gasteiger partial charge in [0.05, 0.1) is 29.5 Å². The Bertz CT molecular complexity index is 516. The lowest BCUT2D eigenvalue weighted by Crippen LogP contribution is -2.33. The highest BCUT2D eigenvalue weighted by Gasteiger charge is 2.19. The number of aliphatic hydroxyl groups excluding tert-OH is 1. The van der Waals surface area contributed by atoms with E-state index in [1.54, 1.807) is 17.7 Å². The van der Waals surface area contributed by atoms with Crippen LogP contribution in [0.15, 0.2) is 17.8 Å². The molecule has 1 N–H and O–H groups in total. The molecule has 0 aliphatic carbocycles. The highest BCUT2D eigenvalue weighted by molar-refractivity contribution is 7.17. The summed E-state index contributed by atoms with van der Waals surface area (Å²) in [5, 5.41) is 11.7. The normalized spacial score (nSPS) is 21.7. The minimum absolute atomic E-state index is 0.398. The maximum atomic E-state index is 9.74. The summed E-state index contributed by atoms with van der Waals surface area (Å²) >= 11 is 1.63. The molecule has 17 heavy (non-hydrogen) atoms. The second-order valence-corrected chi connectivity index (χ2v) is 4.92. The van der Waals surface area contributed by atoms with Crippen LogP contribution < -0.4 is 4.90 Å². The predicted molar refractivity (Wildman–Crippen MR) is 66.5 cm³/mol. The molecule has 1 atom stereocenters. The highest BCUT2D eigenvalue weighted by atomic mass is 32.1. The first-order valence-electron chi connectivity index (χ1n) is 5.53. The number of thiophene rings is 1. The summed E-state index contributed by atoms with van der Waals surface area (Å²) in [7, 11) is 0. The van der Waals surface area contributed by atoms with Gasteiger partial charge < -0.3 is 14.7 Å². The van der Waals surface area contributed by atoms with Gasteiger partial charge in [-0.15, -0.1) is 11.3 Å². The maximum Gasteiger partial charge on any atom is 0.150 e. The van der Waals surface area contributed by atoms with Crippen LogP contribution in [0.4, 0.5) is 5.82 Å². The summed E-state index contributed by atoms with van der Waals surface area (Å²) in [6, 6.07) is 1.98. The SMILES string of the molecule is OC1COCCN(c2ncnc3ccsc23)C1. The molecule has 5 nitrogen and oxygen atoms in total. The zero-order valence-electron chi connectivity index (χ0n) is 9.24. The van der Waals surface area contributed by atoms with Gasteiger partial charge in [0, 0.05) is 13.1 Å². The topological polar surface area (TPSA) is 58.5 Å². The number of β-amino-alcohol motifs (C(OH)–C–C–N with tert-alkyl or cyclic N) is 1. The van der Waals surface area contributed by atoms with Crippen molar-refractivity contribution in [1.82, 2.24) is 9.97 Å². The van der Waals surface area contributed by atoms with Crippen molar-refractivity contribution in [2.75, 3.05) is 31.2 Å². The van der Waals surface area contributed by atoms with E-state index >= 15 is 0 Å². The van der Waals surface area contributed by atoms with E-state index in [1.807, 2.05) is 11.4 Å². The van der Waals surface area contributed by atoms with Crippen molar-refractivity contribution in [2.24, 2.45) is 0 Å². The molecule has 0 aromatic carbocycles. The smallest absolute Gasteiger partial charge is 0.150 e. The largest absolute Gasteiger partial charge is 0.389 e. The Morgan fingerprint density at radius 3 is 3.35 bits per heavy atom. The van der Waals surface area contributed by atoms with E-state index < -0.39 is 6.10 Å². The first-order valence-corrected chi connectivity index (χ1v) is 6.41. The molecule has 0 bridgehead atoms. The van der Waals surface area contributed by atoms with E-state index in [9.17, 15) is 5.11 Å². The van der Waals surface area contributed by atoms with Gasteiger partial charge in [-0.1, -0.05) is 0 Å². The van der Waals surface area contributed by atoms with Crippen LogP contribution in [-0.2, 0) is 4.74 Å². The maximum absolute atomic E-state index is 9.74. The molecule has 0 amide bonds. The molecular formula is C11H13N3O2S. The summed E-state index contributed by atoms with van der Waals surface area (Å²) in [6.07, 6.45) is 1.12. The first kappa shape index (κ1) is 10.9. The number of aliphatic hydroxyl groups is 1. The molecule has 3 rings (SSSR count). The zero-order chi connectivity index (χ0) is 11.7. The molecule has 1 unspecified atom stereocenters. The van der Waals surface area contributed by atoms with Gasteiger partial charge in [0.2, 0.25) is 0 Å². The third kappa shape index (κ3) is 2.11. The van der Waals surface area contributed by atoms with Crippen molar-refractivity contribution in [2.45, 2.75) is 6.10 Å². The molecule has 0 radical (unpaired) electrons. The molecule has 2 aromatic rings. The van der Waals surface area contributed by atoms with Gasteiger partial charge in [0.25, 0.3) is 0 Å². The van der Waals surface area contributed by atoms with Crippen molar-refractivity contribution in [3.05, 3.63) is 17.8 Å². The lowest BCUT2D eigenvalue weighted by atomic mass is 10.3. The molecular weight excluding hydrogens is 238 g/mol. The molecule has 0 saturated carbocycles. The van der Waals surface area contributed by atoms with Crippen molar-refractivity contribution in [3.63, 3.8) is 0 Å². The predicted octanol–water partition coefficient (Wildman–Crippen LogP) is 0.889. The Kier molecular flexibility index (Phi) is 2.92. The number of rotatable bonds is 1. The molecule has 0 spiro atoms. The highest BCUT2D eigenvalue weighted by Crippen LogP contribution is 2.28. The van der Waals surface area contributed by atoms with E-state index in [2.05, 4.69) is 14.9 Å². The molecule has 1 fully saturated rings. The minimum atomic E-state index is -0.456. The summed E-state index contributed by atoms with van der Waals surface area (Å²) in [5.41, 5.74) is 0.958. The fraction of sp³-hybridized carbons (Fsp3) is 0.455. The average molecular weight is 251 g/mol. The Morgan fingerprint density at radius 1 is 1.47 bits per heavy atom. The van der Waals surface area contributed by atoms with Gasteiger partial charge in [-0.2, -0.15) is 0 Å². The third-order valence-electron chi connectivity index (χ3n) is 2.77. The van der Waals surface area contributed by atoms with Crippen molar-refractivity contribution >= 4 is 27.4 Å². The third-order valence-corrected chi connectivity index (χ3v) is 3.67. The minimum Gasteiger partial charge on any atom is -0.389 e. The number of fused-ring (bicyclic) bond motifs is 1. The van der Waals surface area contributed by atoms with Gasteiger partial charge in [-0.25, -0.2) is 9.97 Å². The van der Waals surface area contributed by atoms with Crippen LogP contribution in [0.3, 0.4) is 0 Å². The molecule has 1 aliphatic heterocycles. The fourth-order valence-electron chi connectivity index (χ4n) is 1.99. The van der Waals surface area contributed by atoms with Gasteiger partial charge in [-0.3, -0.25) is 0 Å². The van der Waals surface area contributed by atoms with Crippen LogP contribution in [0.25, 0.3) is 10.2 Å². The molecule has 6 heteroatoms. The molecule has 90 valence electrons. The lowest BCUT2D eigenvalue weighted by molar-refractivity contribution is 0.0597. The standard InChI is InChI=1S/C11H13N3O2S/c15-8-5-14(2-3-16-6-8)11-10-9(1-4-17-10)12-7-13-11/h1,4,7-8,15H,2-3,5-6H2. The Balaban J connectivity index is 1.99. The van der Waals surface area contributed by atoms with Crippen LogP contribution in [0.2, 0.25) is 0 Å². The Labute approximate surface area is 103 Å². The van der Waals surface area contributed by atoms with Crippen molar-refractivity contribution in [3.8, 4) is 0 Å². The summed E-state index contributed by atoms with van der Waals surface area (Å²) in [5.74, 6) is 0.898. The summed E-state index contributed by atoms with van der Waals surface area (Å²) in [4.78, 5) is 10.6. The molecule has 3 heterocycles. The van der Waals surface area contributed by atoms with Crippen LogP contribution in [0, 0.1) is 0 Å².